The van der Waals surface area contributed by atoms with E-state index < -0.39 is 36.3 Å². The van der Waals surface area contributed by atoms with E-state index in [9.17, 15) is 28.8 Å². The minimum Gasteiger partial charge on any atom is -0.379 e. The quantitative estimate of drug-likeness (QED) is 0.0670. The molecule has 0 bridgehead atoms. The molecule has 2 N–H and O–H groups in total. The van der Waals surface area contributed by atoms with Gasteiger partial charge in [-0.1, -0.05) is 83.0 Å². The van der Waals surface area contributed by atoms with Crippen LogP contribution in [0.4, 0.5) is 0 Å². The Kier molecular flexibility index (Phi) is 20.8. The van der Waals surface area contributed by atoms with Crippen LogP contribution in [0, 0.1) is 17.8 Å². The van der Waals surface area contributed by atoms with E-state index in [1.165, 1.54) is 17.1 Å². The highest BCUT2D eigenvalue weighted by Crippen LogP contribution is 2.30. The Morgan fingerprint density at radius 1 is 0.886 bits per heavy atom. The molecule has 4 heterocycles. The number of rotatable bonds is 24. The van der Waals surface area contributed by atoms with Gasteiger partial charge in [0.25, 0.3) is 11.8 Å². The number of H-pyrrole nitrogens is 1. The lowest BCUT2D eigenvalue weighted by Gasteiger charge is -2.41. The van der Waals surface area contributed by atoms with Crippen molar-refractivity contribution in [2.45, 2.75) is 129 Å². The largest absolute Gasteiger partial charge is 0.379 e. The lowest BCUT2D eigenvalue weighted by molar-refractivity contribution is -0.146. The molecule has 5 rings (SSSR count). The van der Waals surface area contributed by atoms with Gasteiger partial charge in [0, 0.05) is 99.6 Å². The SMILES string of the molecule is CCC(C)C(C(CC(=O)N1CCC[C@H]1C(OC)C(C)C(=O)NC(Cc1ccccc1)c1nn[nH]n1)OC)N(C)C(=O)C(/N=C(\N(C)C)N1CCN(C(=O)CCCCCN2C(=O)C=CC2=O)CC1)C(C)C. The van der Waals surface area contributed by atoms with Crippen LogP contribution in [0.15, 0.2) is 47.5 Å². The number of amides is 6. The van der Waals surface area contributed by atoms with Crippen LogP contribution in [-0.2, 0) is 44.7 Å². The number of hydrogen-bond donors (Lipinski definition) is 2. The molecule has 386 valence electrons. The molecule has 0 saturated carbocycles. The Hall–Kier alpha value is -5.76. The number of imide groups is 1. The van der Waals surface area contributed by atoms with Crippen LogP contribution in [0.3, 0.4) is 0 Å². The number of ether oxygens (including phenoxy) is 2. The van der Waals surface area contributed by atoms with E-state index in [-0.39, 0.29) is 59.7 Å². The highest BCUT2D eigenvalue weighted by atomic mass is 16.5. The van der Waals surface area contributed by atoms with E-state index in [0.29, 0.717) is 83.2 Å². The molecule has 3 aliphatic rings. The third kappa shape index (κ3) is 14.2. The van der Waals surface area contributed by atoms with Crippen molar-refractivity contribution < 1.29 is 38.2 Å². The van der Waals surface area contributed by atoms with Gasteiger partial charge in [0.1, 0.15) is 6.04 Å². The molecular weight excluding hydrogens is 897 g/mol. The Labute approximate surface area is 413 Å². The van der Waals surface area contributed by atoms with Gasteiger partial charge in [0.15, 0.2) is 11.8 Å². The van der Waals surface area contributed by atoms with Crippen LogP contribution in [0.1, 0.15) is 103 Å². The normalized spacial score (nSPS) is 19.5. The minimum atomic E-state index is -0.742. The zero-order valence-electron chi connectivity index (χ0n) is 43.1. The van der Waals surface area contributed by atoms with E-state index in [4.69, 9.17) is 14.5 Å². The molecule has 2 saturated heterocycles. The number of nitrogens with zero attached hydrogens (tertiary/aromatic N) is 10. The molecule has 8 atom stereocenters. The maximum atomic E-state index is 14.8. The molecule has 20 nitrogen and oxygen atoms in total. The number of carbonyl (C=O) groups excluding carboxylic acids is 6. The summed E-state index contributed by atoms with van der Waals surface area (Å²) in [6.07, 6.45) is 6.38. The third-order valence-electron chi connectivity index (χ3n) is 14.2. The highest BCUT2D eigenvalue weighted by molar-refractivity contribution is 6.12. The van der Waals surface area contributed by atoms with Crippen molar-refractivity contribution in [3.8, 4) is 0 Å². The van der Waals surface area contributed by atoms with Crippen LogP contribution < -0.4 is 5.32 Å². The first-order valence-electron chi connectivity index (χ1n) is 25.0. The van der Waals surface area contributed by atoms with Crippen LogP contribution in [0.25, 0.3) is 0 Å². The number of carbonyl (C=O) groups is 6. The molecule has 7 unspecified atom stereocenters. The zero-order chi connectivity index (χ0) is 51.1. The van der Waals surface area contributed by atoms with Crippen molar-refractivity contribution in [1.82, 2.24) is 55.3 Å². The van der Waals surface area contributed by atoms with Crippen molar-refractivity contribution >= 4 is 41.4 Å². The van der Waals surface area contributed by atoms with Gasteiger partial charge in [-0.25, -0.2) is 4.99 Å². The first-order chi connectivity index (χ1) is 33.5. The van der Waals surface area contributed by atoms with Gasteiger partial charge in [-0.2, -0.15) is 5.21 Å². The van der Waals surface area contributed by atoms with Crippen LogP contribution in [0.5, 0.6) is 0 Å². The summed E-state index contributed by atoms with van der Waals surface area (Å²) in [5.41, 5.74) is 0.997. The number of benzene rings is 1. The number of nitrogens with one attached hydrogen (secondary N) is 2. The molecule has 20 heteroatoms. The molecule has 0 aliphatic carbocycles. The summed E-state index contributed by atoms with van der Waals surface area (Å²) in [5.74, 6) is -0.896. The summed E-state index contributed by atoms with van der Waals surface area (Å²) < 4.78 is 12.2. The summed E-state index contributed by atoms with van der Waals surface area (Å²) >= 11 is 0. The van der Waals surface area contributed by atoms with Crippen LogP contribution in [-0.4, -0.2) is 196 Å². The maximum Gasteiger partial charge on any atom is 0.253 e. The second-order valence-electron chi connectivity index (χ2n) is 19.5. The number of aromatic amines is 1. The standard InChI is InChI=1S/C50H78N12O8/c1-11-34(4)45(39(69-9)32-43(66)61-26-18-21-38(61)46(70-10)35(5)48(67)51-37(47-53-55-56-54-47)31-36-19-14-12-15-20-36)58(8)49(68)44(33(2)3)52-50(57(6)7)60-29-27-59(28-30-60)40(63)22-16-13-17-25-62-41(64)23-24-42(62)65/h12,14-15,19-20,23-24,33-35,37-39,44-46H,11,13,16-18,21-22,25-32H2,1-10H3,(H,51,67)(H,53,54,55,56)/b52-50+/t34?,35?,37?,38-,39?,44?,45?,46?/m0/s1. The molecule has 2 aromatic rings. The number of likely N-dealkylation sites (tertiary alicyclic amines) is 1. The molecule has 1 aromatic heterocycles. The van der Waals surface area contributed by atoms with Crippen LogP contribution >= 0.6 is 0 Å². The fourth-order valence-electron chi connectivity index (χ4n) is 9.97. The van der Waals surface area contributed by atoms with E-state index in [1.807, 2.05) is 79.9 Å². The zero-order valence-corrected chi connectivity index (χ0v) is 43.1. The lowest BCUT2D eigenvalue weighted by Crippen LogP contribution is -2.56. The molecule has 0 spiro atoms. The Balaban J connectivity index is 1.22. The summed E-state index contributed by atoms with van der Waals surface area (Å²) in [6.45, 7) is 12.9. The first-order valence-corrected chi connectivity index (χ1v) is 25.0. The summed E-state index contributed by atoms with van der Waals surface area (Å²) in [6, 6.07) is 7.64. The average molecular weight is 975 g/mol. The number of piperazine rings is 1. The van der Waals surface area contributed by atoms with Gasteiger partial charge in [0.05, 0.1) is 42.7 Å². The molecule has 2 fully saturated rings. The molecule has 70 heavy (non-hydrogen) atoms. The van der Waals surface area contributed by atoms with Crippen molar-refractivity contribution in [1.29, 1.82) is 0 Å². The topological polar surface area (TPSA) is 219 Å². The van der Waals surface area contributed by atoms with E-state index in [1.54, 1.807) is 26.2 Å². The minimum absolute atomic E-state index is 0.0213. The molecule has 0 radical (unpaired) electrons. The Bertz CT molecular complexity index is 2080. The fraction of sp³-hybridized carbons (Fsp3) is 0.680. The number of tetrazole rings is 1. The monoisotopic (exact) mass is 975 g/mol. The highest BCUT2D eigenvalue weighted by Gasteiger charge is 2.43. The number of guanidine groups is 1. The number of hydrogen-bond acceptors (Lipinski definition) is 12. The second-order valence-corrected chi connectivity index (χ2v) is 19.5. The summed E-state index contributed by atoms with van der Waals surface area (Å²) in [5, 5.41) is 17.6. The van der Waals surface area contributed by atoms with Crippen molar-refractivity contribution in [2.24, 2.45) is 22.7 Å². The van der Waals surface area contributed by atoms with Crippen molar-refractivity contribution in [2.75, 3.05) is 74.6 Å². The van der Waals surface area contributed by atoms with E-state index in [2.05, 4.69) is 44.7 Å². The van der Waals surface area contributed by atoms with Crippen molar-refractivity contribution in [3.63, 3.8) is 0 Å². The number of aliphatic imine (C=N–C) groups is 1. The summed E-state index contributed by atoms with van der Waals surface area (Å²) in [4.78, 5) is 95.9. The molecule has 6 amide bonds. The van der Waals surface area contributed by atoms with Gasteiger partial charge in [-0.15, -0.1) is 10.2 Å². The predicted octanol–water partition coefficient (Wildman–Crippen LogP) is 3.09. The smallest absolute Gasteiger partial charge is 0.253 e. The van der Waals surface area contributed by atoms with Crippen LogP contribution in [0.2, 0.25) is 0 Å². The predicted molar refractivity (Wildman–Crippen MR) is 264 cm³/mol. The average Bonchev–Trinajstić information content (AvgIpc) is 4.14. The molecule has 3 aliphatic heterocycles. The Morgan fingerprint density at radius 3 is 2.14 bits per heavy atom. The van der Waals surface area contributed by atoms with E-state index >= 15 is 0 Å². The van der Waals surface area contributed by atoms with Gasteiger partial charge in [0.2, 0.25) is 23.6 Å². The molecule has 1 aromatic carbocycles. The van der Waals surface area contributed by atoms with Gasteiger partial charge in [-0.3, -0.25) is 33.7 Å². The number of likely N-dealkylation sites (N-methyl/N-ethyl adjacent to an activating group) is 1. The molecular formula is C50H78N12O8. The van der Waals surface area contributed by atoms with E-state index in [0.717, 1.165) is 24.8 Å². The third-order valence-corrected chi connectivity index (χ3v) is 14.2. The Morgan fingerprint density at radius 2 is 1.56 bits per heavy atom. The second kappa shape index (κ2) is 26.4. The van der Waals surface area contributed by atoms with Gasteiger partial charge in [-0.05, 0) is 43.1 Å². The number of unbranched alkanes of at least 4 members (excludes halogenated alkanes) is 2. The number of methoxy groups -OCH3 is 2. The fourth-order valence-corrected chi connectivity index (χ4v) is 9.97. The lowest BCUT2D eigenvalue weighted by atomic mass is 9.89. The first kappa shape index (κ1) is 55.2. The number of aromatic nitrogens is 4. The van der Waals surface area contributed by atoms with Gasteiger partial charge >= 0.3 is 0 Å². The summed E-state index contributed by atoms with van der Waals surface area (Å²) in [7, 11) is 8.74. The van der Waals surface area contributed by atoms with Crippen molar-refractivity contribution in [3.05, 3.63) is 53.9 Å². The maximum absolute atomic E-state index is 14.8. The van der Waals surface area contributed by atoms with Gasteiger partial charge < -0.3 is 39.3 Å².